The van der Waals surface area contributed by atoms with E-state index in [1.54, 1.807) is 18.2 Å². The van der Waals surface area contributed by atoms with Gasteiger partial charge in [-0.2, -0.15) is 0 Å². The molecule has 0 fully saturated rings. The van der Waals surface area contributed by atoms with E-state index >= 15 is 0 Å². The zero-order valence-corrected chi connectivity index (χ0v) is 22.5. The zero-order valence-electron chi connectivity index (χ0n) is 20.9. The molecule has 0 aliphatic rings. The van der Waals surface area contributed by atoms with E-state index in [1.165, 1.54) is 11.0 Å². The van der Waals surface area contributed by atoms with Gasteiger partial charge in [0.15, 0.2) is 6.61 Å². The van der Waals surface area contributed by atoms with E-state index in [0.717, 1.165) is 27.6 Å². The fourth-order valence-electron chi connectivity index (χ4n) is 3.95. The standard InChI is InChI=1S/C29H32BrFN2O3/c1-4-14-32-29(35)26(17-22-10-6-5-7-11-22)33(18-23-12-8-9-13-25(23)31)27(34)19-36-24-15-20(2)28(30)21(3)16-24/h5-13,15-16,26H,4,14,17-19H2,1-3H3,(H,32,35)/t26-/m0/s1. The first kappa shape index (κ1) is 27.4. The minimum Gasteiger partial charge on any atom is -0.484 e. The lowest BCUT2D eigenvalue weighted by Gasteiger charge is -2.31. The van der Waals surface area contributed by atoms with Gasteiger partial charge in [0, 0.05) is 29.5 Å². The molecule has 0 saturated carbocycles. The average molecular weight is 555 g/mol. The Morgan fingerprint density at radius 2 is 1.67 bits per heavy atom. The minimum atomic E-state index is -0.831. The molecule has 3 aromatic carbocycles. The highest BCUT2D eigenvalue weighted by Gasteiger charge is 2.31. The number of hydrogen-bond donors (Lipinski definition) is 1. The Labute approximate surface area is 220 Å². The Hall–Kier alpha value is -3.19. The van der Waals surface area contributed by atoms with Crippen LogP contribution in [0.4, 0.5) is 4.39 Å². The van der Waals surface area contributed by atoms with Gasteiger partial charge in [0.2, 0.25) is 5.91 Å². The first-order chi connectivity index (χ1) is 17.3. The van der Waals surface area contributed by atoms with Gasteiger partial charge in [0.05, 0.1) is 0 Å². The van der Waals surface area contributed by atoms with E-state index in [-0.39, 0.29) is 19.1 Å². The van der Waals surface area contributed by atoms with Crippen LogP contribution in [0.2, 0.25) is 0 Å². The van der Waals surface area contributed by atoms with Crippen molar-refractivity contribution in [3.05, 3.63) is 99.3 Å². The van der Waals surface area contributed by atoms with Gasteiger partial charge in [0.1, 0.15) is 17.6 Å². The highest BCUT2D eigenvalue weighted by molar-refractivity contribution is 9.10. The third-order valence-corrected chi connectivity index (χ3v) is 7.14. The molecule has 2 amide bonds. The highest BCUT2D eigenvalue weighted by atomic mass is 79.9. The molecular weight excluding hydrogens is 523 g/mol. The van der Waals surface area contributed by atoms with Crippen molar-refractivity contribution in [2.45, 2.75) is 46.2 Å². The predicted octanol–water partition coefficient (Wildman–Crippen LogP) is 5.75. The monoisotopic (exact) mass is 554 g/mol. The molecule has 3 aromatic rings. The molecule has 0 heterocycles. The summed E-state index contributed by atoms with van der Waals surface area (Å²) in [6, 6.07) is 18.7. The van der Waals surface area contributed by atoms with Crippen LogP contribution in [-0.2, 0) is 22.6 Å². The van der Waals surface area contributed by atoms with Crippen molar-refractivity contribution in [2.75, 3.05) is 13.2 Å². The van der Waals surface area contributed by atoms with Gasteiger partial charge in [-0.15, -0.1) is 0 Å². The molecule has 0 unspecified atom stereocenters. The van der Waals surface area contributed by atoms with Crippen molar-refractivity contribution in [1.29, 1.82) is 0 Å². The molecule has 1 atom stereocenters. The van der Waals surface area contributed by atoms with Crippen LogP contribution in [0, 0.1) is 19.7 Å². The fraction of sp³-hybridized carbons (Fsp3) is 0.310. The van der Waals surface area contributed by atoms with E-state index in [4.69, 9.17) is 4.74 Å². The van der Waals surface area contributed by atoms with Crippen molar-refractivity contribution in [3.8, 4) is 5.75 Å². The lowest BCUT2D eigenvalue weighted by molar-refractivity contribution is -0.142. The number of benzene rings is 3. The summed E-state index contributed by atoms with van der Waals surface area (Å²) >= 11 is 3.54. The maximum atomic E-state index is 14.6. The normalized spacial score (nSPS) is 11.6. The maximum absolute atomic E-state index is 14.6. The summed E-state index contributed by atoms with van der Waals surface area (Å²) in [6.45, 7) is 6.02. The molecule has 0 bridgehead atoms. The summed E-state index contributed by atoms with van der Waals surface area (Å²) < 4.78 is 21.5. The smallest absolute Gasteiger partial charge is 0.261 e. The summed E-state index contributed by atoms with van der Waals surface area (Å²) in [5.41, 5.74) is 3.21. The first-order valence-electron chi connectivity index (χ1n) is 12.0. The minimum absolute atomic E-state index is 0.0513. The molecule has 0 aliphatic heterocycles. The molecule has 190 valence electrons. The fourth-order valence-corrected chi connectivity index (χ4v) is 4.18. The largest absolute Gasteiger partial charge is 0.484 e. The van der Waals surface area contributed by atoms with Crippen LogP contribution < -0.4 is 10.1 Å². The number of nitrogens with one attached hydrogen (secondary N) is 1. The van der Waals surface area contributed by atoms with Gasteiger partial charge in [-0.3, -0.25) is 9.59 Å². The highest BCUT2D eigenvalue weighted by Crippen LogP contribution is 2.26. The van der Waals surface area contributed by atoms with Crippen molar-refractivity contribution in [3.63, 3.8) is 0 Å². The first-order valence-corrected chi connectivity index (χ1v) is 12.8. The van der Waals surface area contributed by atoms with Gasteiger partial charge >= 0.3 is 0 Å². The Morgan fingerprint density at radius 1 is 1.03 bits per heavy atom. The molecule has 0 saturated heterocycles. The lowest BCUT2D eigenvalue weighted by Crippen LogP contribution is -2.52. The molecule has 5 nitrogen and oxygen atoms in total. The number of rotatable bonds is 11. The molecule has 0 spiro atoms. The second-order valence-corrected chi connectivity index (χ2v) is 9.56. The van der Waals surface area contributed by atoms with Crippen LogP contribution in [0.3, 0.4) is 0 Å². The van der Waals surface area contributed by atoms with Crippen LogP contribution in [0.5, 0.6) is 5.75 Å². The van der Waals surface area contributed by atoms with Gasteiger partial charge in [0.25, 0.3) is 5.91 Å². The van der Waals surface area contributed by atoms with E-state index in [2.05, 4.69) is 21.2 Å². The average Bonchev–Trinajstić information content (AvgIpc) is 2.88. The van der Waals surface area contributed by atoms with E-state index in [1.807, 2.05) is 63.2 Å². The molecule has 3 rings (SSSR count). The van der Waals surface area contributed by atoms with Crippen molar-refractivity contribution in [2.24, 2.45) is 0 Å². The predicted molar refractivity (Wildman–Crippen MR) is 143 cm³/mol. The van der Waals surface area contributed by atoms with Crippen molar-refractivity contribution < 1.29 is 18.7 Å². The number of carbonyl (C=O) groups excluding carboxylic acids is 2. The summed E-state index contributed by atoms with van der Waals surface area (Å²) in [7, 11) is 0. The van der Waals surface area contributed by atoms with Crippen molar-refractivity contribution in [1.82, 2.24) is 10.2 Å². The molecular formula is C29H32BrFN2O3. The third kappa shape index (κ3) is 7.40. The van der Waals surface area contributed by atoms with Crippen LogP contribution >= 0.6 is 15.9 Å². The summed E-state index contributed by atoms with van der Waals surface area (Å²) in [5, 5.41) is 2.91. The van der Waals surface area contributed by atoms with E-state index in [9.17, 15) is 14.0 Å². The van der Waals surface area contributed by atoms with Crippen LogP contribution in [0.15, 0.2) is 71.2 Å². The van der Waals surface area contributed by atoms with E-state index in [0.29, 0.717) is 24.3 Å². The van der Waals surface area contributed by atoms with Crippen molar-refractivity contribution >= 4 is 27.7 Å². The van der Waals surface area contributed by atoms with Crippen LogP contribution in [0.25, 0.3) is 0 Å². The topological polar surface area (TPSA) is 58.6 Å². The van der Waals surface area contributed by atoms with Crippen LogP contribution in [-0.4, -0.2) is 35.9 Å². The zero-order chi connectivity index (χ0) is 26.1. The molecule has 7 heteroatoms. The van der Waals surface area contributed by atoms with Crippen LogP contribution in [0.1, 0.15) is 35.6 Å². The summed E-state index contributed by atoms with van der Waals surface area (Å²) in [5.74, 6) is -0.546. The lowest BCUT2D eigenvalue weighted by atomic mass is 10.0. The number of nitrogens with zero attached hydrogens (tertiary/aromatic N) is 1. The molecule has 1 N–H and O–H groups in total. The molecule has 36 heavy (non-hydrogen) atoms. The number of carbonyl (C=O) groups is 2. The van der Waals surface area contributed by atoms with Gasteiger partial charge in [-0.1, -0.05) is 71.4 Å². The SMILES string of the molecule is CCCNC(=O)[C@H](Cc1ccccc1)N(Cc1ccccc1F)C(=O)COc1cc(C)c(Br)c(C)c1. The second kappa shape index (κ2) is 13.2. The maximum Gasteiger partial charge on any atom is 0.261 e. The second-order valence-electron chi connectivity index (χ2n) is 8.77. The Morgan fingerprint density at radius 3 is 2.31 bits per heavy atom. The number of hydrogen-bond acceptors (Lipinski definition) is 3. The Kier molecular flexibility index (Phi) is 10.1. The van der Waals surface area contributed by atoms with E-state index < -0.39 is 17.8 Å². The molecule has 0 radical (unpaired) electrons. The third-order valence-electron chi connectivity index (χ3n) is 5.89. The Bertz CT molecular complexity index is 1160. The number of amides is 2. The Balaban J connectivity index is 1.92. The number of ether oxygens (including phenoxy) is 1. The number of aryl methyl sites for hydroxylation is 2. The van der Waals surface area contributed by atoms with Gasteiger partial charge in [-0.05, 0) is 55.2 Å². The quantitative estimate of drug-likeness (QED) is 0.328. The summed E-state index contributed by atoms with van der Waals surface area (Å²) in [4.78, 5) is 28.3. The number of halogens is 2. The van der Waals surface area contributed by atoms with Gasteiger partial charge < -0.3 is 15.0 Å². The molecule has 0 aliphatic carbocycles. The molecule has 0 aromatic heterocycles. The summed E-state index contributed by atoms with van der Waals surface area (Å²) in [6.07, 6.45) is 1.06. The van der Waals surface area contributed by atoms with Gasteiger partial charge in [-0.25, -0.2) is 4.39 Å².